The van der Waals surface area contributed by atoms with Crippen LogP contribution in [0.25, 0.3) is 0 Å². The van der Waals surface area contributed by atoms with Gasteiger partial charge in [-0.15, -0.1) is 11.3 Å². The molecule has 0 bridgehead atoms. The molecule has 0 fully saturated rings. The average molecular weight is 338 g/mol. The summed E-state index contributed by atoms with van der Waals surface area (Å²) in [5.41, 5.74) is 1.14. The van der Waals surface area contributed by atoms with Crippen molar-refractivity contribution in [3.8, 4) is 0 Å². The van der Waals surface area contributed by atoms with Crippen molar-refractivity contribution in [1.82, 2.24) is 4.98 Å². The molecule has 1 aromatic heterocycles. The lowest BCUT2D eigenvalue weighted by atomic mass is 10.3. The van der Waals surface area contributed by atoms with E-state index < -0.39 is 5.97 Å². The van der Waals surface area contributed by atoms with Crippen LogP contribution in [-0.4, -0.2) is 16.1 Å². The maximum absolute atomic E-state index is 10.7. The molecule has 4 nitrogen and oxygen atoms in total. The topological polar surface area (TPSA) is 62.2 Å². The highest BCUT2D eigenvalue weighted by Gasteiger charge is 2.11. The van der Waals surface area contributed by atoms with E-state index in [-0.39, 0.29) is 5.01 Å². The van der Waals surface area contributed by atoms with Gasteiger partial charge in [0.1, 0.15) is 0 Å². The fourth-order valence-electron chi connectivity index (χ4n) is 1.38. The number of carboxylic acids is 1. The van der Waals surface area contributed by atoms with Gasteiger partial charge < -0.3 is 10.4 Å². The second-order valence-corrected chi connectivity index (χ2v) is 5.66. The maximum atomic E-state index is 10.7. The predicted molar refractivity (Wildman–Crippen MR) is 77.9 cm³/mol. The van der Waals surface area contributed by atoms with E-state index in [4.69, 9.17) is 39.9 Å². The monoisotopic (exact) mass is 336 g/mol. The van der Waals surface area contributed by atoms with Crippen LogP contribution >= 0.6 is 46.1 Å². The van der Waals surface area contributed by atoms with Crippen LogP contribution in [-0.2, 0) is 6.54 Å². The van der Waals surface area contributed by atoms with Gasteiger partial charge in [0.2, 0.25) is 5.01 Å². The molecule has 0 spiro atoms. The highest BCUT2D eigenvalue weighted by molar-refractivity contribution is 7.11. The third-order valence-electron chi connectivity index (χ3n) is 2.19. The van der Waals surface area contributed by atoms with Gasteiger partial charge in [0.15, 0.2) is 0 Å². The van der Waals surface area contributed by atoms with Gasteiger partial charge >= 0.3 is 5.97 Å². The minimum Gasteiger partial charge on any atom is -0.476 e. The number of hydrogen-bond acceptors (Lipinski definition) is 4. The van der Waals surface area contributed by atoms with Gasteiger partial charge in [-0.2, -0.15) is 0 Å². The van der Waals surface area contributed by atoms with Gasteiger partial charge in [-0.1, -0.05) is 34.8 Å². The summed E-state index contributed by atoms with van der Waals surface area (Å²) in [6.45, 7) is 0.324. The minimum atomic E-state index is -1.04. The Balaban J connectivity index is 2.12. The molecule has 0 amide bonds. The smallest absolute Gasteiger partial charge is 0.365 e. The van der Waals surface area contributed by atoms with Gasteiger partial charge in [-0.3, -0.25) is 0 Å². The van der Waals surface area contributed by atoms with Crippen molar-refractivity contribution in [2.75, 3.05) is 5.32 Å². The minimum absolute atomic E-state index is 0.0464. The molecule has 2 rings (SSSR count). The van der Waals surface area contributed by atoms with E-state index in [1.807, 2.05) is 0 Å². The maximum Gasteiger partial charge on any atom is 0.365 e. The number of aromatic nitrogens is 1. The zero-order valence-corrected chi connectivity index (χ0v) is 12.4. The molecule has 0 saturated carbocycles. The summed E-state index contributed by atoms with van der Waals surface area (Å²) in [4.78, 5) is 14.7. The van der Waals surface area contributed by atoms with Gasteiger partial charge in [0.25, 0.3) is 0 Å². The first-order valence-electron chi connectivity index (χ1n) is 5.03. The number of nitrogens with zero attached hydrogens (tertiary/aromatic N) is 1. The zero-order chi connectivity index (χ0) is 14.0. The first-order chi connectivity index (χ1) is 8.97. The molecule has 0 radical (unpaired) electrons. The number of rotatable bonds is 4. The van der Waals surface area contributed by atoms with E-state index >= 15 is 0 Å². The standard InChI is InChI=1S/C11H7Cl3N2O2S/c12-5-1-7(13)9(8(14)2-5)15-3-6-4-19-10(16-6)11(17)18/h1-2,4,15H,3H2,(H,17,18). The second-order valence-electron chi connectivity index (χ2n) is 3.55. The number of hydrogen-bond donors (Lipinski definition) is 2. The summed E-state index contributed by atoms with van der Waals surface area (Å²) >= 11 is 18.9. The molecular weight excluding hydrogens is 331 g/mol. The lowest BCUT2D eigenvalue weighted by Gasteiger charge is -2.09. The summed E-state index contributed by atoms with van der Waals surface area (Å²) in [6, 6.07) is 3.14. The Morgan fingerprint density at radius 1 is 1.32 bits per heavy atom. The molecule has 2 N–H and O–H groups in total. The van der Waals surface area contributed by atoms with Crippen molar-refractivity contribution < 1.29 is 9.90 Å². The molecule has 0 aliphatic rings. The van der Waals surface area contributed by atoms with Crippen molar-refractivity contribution in [3.63, 3.8) is 0 Å². The number of benzene rings is 1. The Kier molecular flexibility index (Phi) is 4.52. The number of carboxylic acid groups (broad SMARTS) is 1. The van der Waals surface area contributed by atoms with E-state index in [2.05, 4.69) is 10.3 Å². The molecule has 100 valence electrons. The largest absolute Gasteiger partial charge is 0.476 e. The number of aromatic carboxylic acids is 1. The molecule has 0 unspecified atom stereocenters. The average Bonchev–Trinajstić information content (AvgIpc) is 2.76. The molecular formula is C11H7Cl3N2O2S. The summed E-state index contributed by atoms with van der Waals surface area (Å²) in [7, 11) is 0. The van der Waals surface area contributed by atoms with Crippen LogP contribution < -0.4 is 5.32 Å². The molecule has 0 aliphatic carbocycles. The summed E-state index contributed by atoms with van der Waals surface area (Å²) in [5, 5.41) is 14.7. The van der Waals surface area contributed by atoms with Crippen LogP contribution in [0.4, 0.5) is 5.69 Å². The number of thiazole rings is 1. The highest BCUT2D eigenvalue weighted by Crippen LogP contribution is 2.33. The molecule has 0 atom stereocenters. The third kappa shape index (κ3) is 3.51. The van der Waals surface area contributed by atoms with E-state index in [1.165, 1.54) is 0 Å². The fraction of sp³-hybridized carbons (Fsp3) is 0.0909. The van der Waals surface area contributed by atoms with E-state index in [1.54, 1.807) is 17.5 Å². The lowest BCUT2D eigenvalue weighted by molar-refractivity contribution is 0.0696. The fourth-order valence-corrected chi connectivity index (χ4v) is 2.98. The Bertz CT molecular complexity index is 607. The molecule has 2 aromatic rings. The Hall–Kier alpha value is -1.01. The van der Waals surface area contributed by atoms with Crippen LogP contribution in [0.5, 0.6) is 0 Å². The van der Waals surface area contributed by atoms with Crippen LogP contribution in [0.3, 0.4) is 0 Å². The Morgan fingerprint density at radius 2 is 1.95 bits per heavy atom. The second kappa shape index (κ2) is 5.96. The lowest BCUT2D eigenvalue weighted by Crippen LogP contribution is -2.02. The van der Waals surface area contributed by atoms with Gasteiger partial charge in [0, 0.05) is 10.4 Å². The predicted octanol–water partition coefficient (Wildman–Crippen LogP) is 4.41. The Labute approximate surface area is 127 Å². The summed E-state index contributed by atoms with van der Waals surface area (Å²) in [6.07, 6.45) is 0. The molecule has 1 heterocycles. The number of anilines is 1. The van der Waals surface area contributed by atoms with Crippen molar-refractivity contribution in [3.05, 3.63) is 43.3 Å². The van der Waals surface area contributed by atoms with Crippen LogP contribution in [0.1, 0.15) is 15.5 Å². The summed E-state index contributed by atoms with van der Waals surface area (Å²) < 4.78 is 0. The van der Waals surface area contributed by atoms with Gasteiger partial charge in [-0.05, 0) is 12.1 Å². The zero-order valence-electron chi connectivity index (χ0n) is 9.28. The summed E-state index contributed by atoms with van der Waals surface area (Å²) in [5.74, 6) is -1.04. The highest BCUT2D eigenvalue weighted by atomic mass is 35.5. The molecule has 19 heavy (non-hydrogen) atoms. The van der Waals surface area contributed by atoms with E-state index in [9.17, 15) is 4.79 Å². The number of nitrogens with one attached hydrogen (secondary N) is 1. The van der Waals surface area contributed by atoms with E-state index in [0.717, 1.165) is 11.3 Å². The van der Waals surface area contributed by atoms with Crippen molar-refractivity contribution in [2.24, 2.45) is 0 Å². The van der Waals surface area contributed by atoms with E-state index in [0.29, 0.717) is 33.0 Å². The van der Waals surface area contributed by atoms with Gasteiger partial charge in [0.05, 0.1) is 28.0 Å². The first kappa shape index (κ1) is 14.4. The SMILES string of the molecule is O=C(O)c1nc(CNc2c(Cl)cc(Cl)cc2Cl)cs1. The number of carbonyl (C=O) groups is 1. The van der Waals surface area contributed by atoms with Crippen LogP contribution in [0.2, 0.25) is 15.1 Å². The number of halogens is 3. The third-order valence-corrected chi connectivity index (χ3v) is 3.88. The van der Waals surface area contributed by atoms with Crippen molar-refractivity contribution >= 4 is 57.8 Å². The van der Waals surface area contributed by atoms with Crippen molar-refractivity contribution in [1.29, 1.82) is 0 Å². The van der Waals surface area contributed by atoms with Crippen LogP contribution in [0, 0.1) is 0 Å². The Morgan fingerprint density at radius 3 is 2.47 bits per heavy atom. The first-order valence-corrected chi connectivity index (χ1v) is 7.05. The van der Waals surface area contributed by atoms with Gasteiger partial charge in [-0.25, -0.2) is 9.78 Å². The molecule has 8 heteroatoms. The molecule has 1 aromatic carbocycles. The molecule has 0 saturated heterocycles. The van der Waals surface area contributed by atoms with Crippen molar-refractivity contribution in [2.45, 2.75) is 6.54 Å². The quantitative estimate of drug-likeness (QED) is 0.867. The van der Waals surface area contributed by atoms with Crippen LogP contribution in [0.15, 0.2) is 17.5 Å². The molecule has 0 aliphatic heterocycles. The normalized spacial score (nSPS) is 10.5.